The lowest BCUT2D eigenvalue weighted by molar-refractivity contribution is -0.0228. The Morgan fingerprint density at radius 2 is 2.04 bits per heavy atom. The molecule has 1 aromatic carbocycles. The van der Waals surface area contributed by atoms with Crippen molar-refractivity contribution in [2.75, 3.05) is 38.7 Å². The molecule has 24 heavy (non-hydrogen) atoms. The summed E-state index contributed by atoms with van der Waals surface area (Å²) in [5.74, 6) is 0.686. The van der Waals surface area contributed by atoms with Crippen molar-refractivity contribution in [2.45, 2.75) is 6.10 Å². The lowest BCUT2D eigenvalue weighted by Crippen LogP contribution is -2.42. The minimum Gasteiger partial charge on any atom is -0.370 e. The fraction of sp³-hybridized carbons (Fsp3) is 0.333. The van der Waals surface area contributed by atoms with Gasteiger partial charge >= 0.3 is 0 Å². The minimum absolute atomic E-state index is 0.00258. The Balaban J connectivity index is 1.80. The standard InChI is InChI=1S/C18H20BrN3O2/c1-21(2)17-15(4-3-9-20-17)18(23)22-10-11-24-16(12-22)13-5-7-14(19)8-6-13/h3-9,16H,10-12H2,1-2H3. The van der Waals surface area contributed by atoms with Crippen LogP contribution in [-0.2, 0) is 4.74 Å². The number of hydrogen-bond acceptors (Lipinski definition) is 4. The molecule has 6 heteroatoms. The maximum absolute atomic E-state index is 13.0. The third-order valence-electron chi connectivity index (χ3n) is 4.04. The average Bonchev–Trinajstić information content (AvgIpc) is 2.62. The zero-order valence-corrected chi connectivity index (χ0v) is 15.4. The molecular weight excluding hydrogens is 370 g/mol. The van der Waals surface area contributed by atoms with Gasteiger partial charge in [0.1, 0.15) is 11.9 Å². The molecule has 1 aromatic heterocycles. The molecule has 1 aliphatic rings. The van der Waals surface area contributed by atoms with Crippen molar-refractivity contribution in [1.29, 1.82) is 0 Å². The second-order valence-electron chi connectivity index (χ2n) is 5.93. The van der Waals surface area contributed by atoms with Crippen molar-refractivity contribution in [1.82, 2.24) is 9.88 Å². The number of morpholine rings is 1. The van der Waals surface area contributed by atoms with Gasteiger partial charge in [0.25, 0.3) is 5.91 Å². The van der Waals surface area contributed by atoms with Crippen LogP contribution in [0.4, 0.5) is 5.82 Å². The number of amides is 1. The molecule has 3 rings (SSSR count). The number of rotatable bonds is 3. The van der Waals surface area contributed by atoms with E-state index in [2.05, 4.69) is 20.9 Å². The molecule has 126 valence electrons. The first-order chi connectivity index (χ1) is 11.6. The van der Waals surface area contributed by atoms with Crippen LogP contribution in [0.3, 0.4) is 0 Å². The fourth-order valence-electron chi connectivity index (χ4n) is 2.80. The van der Waals surface area contributed by atoms with E-state index in [9.17, 15) is 4.79 Å². The first-order valence-corrected chi connectivity index (χ1v) is 8.64. The van der Waals surface area contributed by atoms with E-state index in [0.29, 0.717) is 31.1 Å². The first-order valence-electron chi connectivity index (χ1n) is 7.85. The quantitative estimate of drug-likeness (QED) is 0.808. The lowest BCUT2D eigenvalue weighted by Gasteiger charge is -2.33. The number of carbonyl (C=O) groups is 1. The molecule has 0 N–H and O–H groups in total. The summed E-state index contributed by atoms with van der Waals surface area (Å²) in [4.78, 5) is 21.0. The highest BCUT2D eigenvalue weighted by molar-refractivity contribution is 9.10. The highest BCUT2D eigenvalue weighted by Crippen LogP contribution is 2.26. The summed E-state index contributed by atoms with van der Waals surface area (Å²) >= 11 is 3.44. The van der Waals surface area contributed by atoms with Crippen LogP contribution < -0.4 is 4.90 Å². The van der Waals surface area contributed by atoms with E-state index in [4.69, 9.17) is 4.74 Å². The van der Waals surface area contributed by atoms with Gasteiger partial charge in [-0.3, -0.25) is 4.79 Å². The monoisotopic (exact) mass is 389 g/mol. The van der Waals surface area contributed by atoms with Crippen LogP contribution >= 0.6 is 15.9 Å². The lowest BCUT2D eigenvalue weighted by atomic mass is 10.1. The number of hydrogen-bond donors (Lipinski definition) is 0. The van der Waals surface area contributed by atoms with E-state index in [0.717, 1.165) is 10.0 Å². The van der Waals surface area contributed by atoms with Gasteiger partial charge in [0.2, 0.25) is 0 Å². The molecule has 0 radical (unpaired) electrons. The van der Waals surface area contributed by atoms with Gasteiger partial charge in [0.05, 0.1) is 18.7 Å². The predicted molar refractivity (Wildman–Crippen MR) is 97.3 cm³/mol. The molecule has 1 atom stereocenters. The minimum atomic E-state index is -0.102. The maximum atomic E-state index is 13.0. The number of anilines is 1. The fourth-order valence-corrected chi connectivity index (χ4v) is 3.07. The van der Waals surface area contributed by atoms with Gasteiger partial charge in [0.15, 0.2) is 0 Å². The number of carbonyl (C=O) groups excluding carboxylic acids is 1. The van der Waals surface area contributed by atoms with Crippen LogP contribution in [0.15, 0.2) is 47.1 Å². The van der Waals surface area contributed by atoms with E-state index in [-0.39, 0.29) is 12.0 Å². The van der Waals surface area contributed by atoms with E-state index in [1.807, 2.05) is 54.2 Å². The number of nitrogens with zero attached hydrogens (tertiary/aromatic N) is 3. The van der Waals surface area contributed by atoms with Gasteiger partial charge in [-0.1, -0.05) is 28.1 Å². The Hall–Kier alpha value is -1.92. The number of aromatic nitrogens is 1. The number of halogens is 1. The second-order valence-corrected chi connectivity index (χ2v) is 6.85. The number of benzene rings is 1. The number of ether oxygens (including phenoxy) is 1. The molecule has 0 spiro atoms. The van der Waals surface area contributed by atoms with Gasteiger partial charge in [-0.05, 0) is 29.8 Å². The second kappa shape index (κ2) is 7.32. The van der Waals surface area contributed by atoms with Crippen molar-refractivity contribution in [2.24, 2.45) is 0 Å². The smallest absolute Gasteiger partial charge is 0.257 e. The largest absolute Gasteiger partial charge is 0.370 e. The molecule has 2 aromatic rings. The molecule has 0 saturated carbocycles. The summed E-state index contributed by atoms with van der Waals surface area (Å²) < 4.78 is 6.89. The Morgan fingerprint density at radius 3 is 2.75 bits per heavy atom. The Labute approximate surface area is 150 Å². The number of pyridine rings is 1. The average molecular weight is 390 g/mol. The third-order valence-corrected chi connectivity index (χ3v) is 4.56. The summed E-state index contributed by atoms with van der Waals surface area (Å²) in [7, 11) is 3.78. The molecule has 1 saturated heterocycles. The van der Waals surface area contributed by atoms with Gasteiger partial charge in [-0.15, -0.1) is 0 Å². The highest BCUT2D eigenvalue weighted by Gasteiger charge is 2.27. The van der Waals surface area contributed by atoms with Crippen LogP contribution in [0, 0.1) is 0 Å². The van der Waals surface area contributed by atoms with Crippen molar-refractivity contribution in [3.8, 4) is 0 Å². The molecule has 1 aliphatic heterocycles. The van der Waals surface area contributed by atoms with Crippen molar-refractivity contribution in [3.05, 3.63) is 58.2 Å². The van der Waals surface area contributed by atoms with Crippen molar-refractivity contribution >= 4 is 27.7 Å². The molecule has 1 unspecified atom stereocenters. The van der Waals surface area contributed by atoms with Crippen LogP contribution in [0.5, 0.6) is 0 Å². The summed E-state index contributed by atoms with van der Waals surface area (Å²) in [5.41, 5.74) is 1.70. The van der Waals surface area contributed by atoms with E-state index in [1.54, 1.807) is 12.3 Å². The molecule has 2 heterocycles. The first kappa shape index (κ1) is 16.9. The topological polar surface area (TPSA) is 45.7 Å². The zero-order chi connectivity index (χ0) is 17.1. The summed E-state index contributed by atoms with van der Waals surface area (Å²) in [5, 5.41) is 0. The highest BCUT2D eigenvalue weighted by atomic mass is 79.9. The van der Waals surface area contributed by atoms with Crippen LogP contribution in [0.2, 0.25) is 0 Å². The molecular formula is C18H20BrN3O2. The normalized spacial score (nSPS) is 17.6. The maximum Gasteiger partial charge on any atom is 0.257 e. The van der Waals surface area contributed by atoms with E-state index < -0.39 is 0 Å². The predicted octanol–water partition coefficient (Wildman–Crippen LogP) is 3.12. The molecule has 0 bridgehead atoms. The SMILES string of the molecule is CN(C)c1ncccc1C(=O)N1CCOC(c2ccc(Br)cc2)C1. The summed E-state index contributed by atoms with van der Waals surface area (Å²) in [6, 6.07) is 11.7. The van der Waals surface area contributed by atoms with Crippen molar-refractivity contribution in [3.63, 3.8) is 0 Å². The Morgan fingerprint density at radius 1 is 1.29 bits per heavy atom. The van der Waals surface area contributed by atoms with E-state index >= 15 is 0 Å². The van der Waals surface area contributed by atoms with Gasteiger partial charge in [-0.25, -0.2) is 4.98 Å². The van der Waals surface area contributed by atoms with Crippen LogP contribution in [0.1, 0.15) is 22.0 Å². The Bertz CT molecular complexity index is 718. The summed E-state index contributed by atoms with van der Waals surface area (Å²) in [6.45, 7) is 1.67. The van der Waals surface area contributed by atoms with Crippen LogP contribution in [-0.4, -0.2) is 49.6 Å². The Kier molecular flexibility index (Phi) is 5.16. The molecule has 0 aliphatic carbocycles. The van der Waals surface area contributed by atoms with Gasteiger partial charge in [-0.2, -0.15) is 0 Å². The van der Waals surface area contributed by atoms with Crippen LogP contribution in [0.25, 0.3) is 0 Å². The zero-order valence-electron chi connectivity index (χ0n) is 13.8. The van der Waals surface area contributed by atoms with Gasteiger partial charge < -0.3 is 14.5 Å². The van der Waals surface area contributed by atoms with E-state index in [1.165, 1.54) is 0 Å². The summed E-state index contributed by atoms with van der Waals surface area (Å²) in [6.07, 6.45) is 1.60. The van der Waals surface area contributed by atoms with Crippen molar-refractivity contribution < 1.29 is 9.53 Å². The third kappa shape index (κ3) is 3.60. The molecule has 1 fully saturated rings. The molecule has 5 nitrogen and oxygen atoms in total. The van der Waals surface area contributed by atoms with Gasteiger partial charge in [0, 0.05) is 31.3 Å². The molecule has 1 amide bonds.